The van der Waals surface area contributed by atoms with Gasteiger partial charge in [-0.3, -0.25) is 10.3 Å². The molecule has 0 radical (unpaired) electrons. The van der Waals surface area contributed by atoms with Crippen LogP contribution in [0.15, 0.2) is 47.5 Å². The fourth-order valence-electron chi connectivity index (χ4n) is 4.41. The molecule has 30 heavy (non-hydrogen) atoms. The number of phenols is 1. The maximum absolute atomic E-state index is 10.9. The molecule has 0 saturated carbocycles. The number of ether oxygens (including phenoxy) is 2. The van der Waals surface area contributed by atoms with Gasteiger partial charge in [-0.1, -0.05) is 24.3 Å². The lowest BCUT2D eigenvalue weighted by molar-refractivity contribution is 0.144. The van der Waals surface area contributed by atoms with Crippen molar-refractivity contribution in [2.24, 2.45) is 4.99 Å². The summed E-state index contributed by atoms with van der Waals surface area (Å²) >= 11 is 0. The van der Waals surface area contributed by atoms with Crippen LogP contribution in [0.5, 0.6) is 17.2 Å². The third-order valence-electron chi connectivity index (χ3n) is 6.11. The van der Waals surface area contributed by atoms with Gasteiger partial charge < -0.3 is 19.5 Å². The largest absolute Gasteiger partial charge is 0.504 e. The molecule has 2 N–H and O–H groups in total. The smallest absolute Gasteiger partial charge is 0.162 e. The van der Waals surface area contributed by atoms with Gasteiger partial charge in [-0.2, -0.15) is 0 Å². The first-order valence-electron chi connectivity index (χ1n) is 10.7. The van der Waals surface area contributed by atoms with Crippen molar-refractivity contribution in [1.82, 2.24) is 10.2 Å². The van der Waals surface area contributed by atoms with Crippen LogP contribution in [0, 0.1) is 0 Å². The van der Waals surface area contributed by atoms with Crippen molar-refractivity contribution in [3.05, 3.63) is 53.6 Å². The molecule has 0 bridgehead atoms. The van der Waals surface area contributed by atoms with E-state index in [2.05, 4.69) is 23.3 Å². The van der Waals surface area contributed by atoms with Gasteiger partial charge in [0.05, 0.1) is 13.7 Å². The normalized spacial score (nSPS) is 21.3. The Balaban J connectivity index is 1.73. The van der Waals surface area contributed by atoms with Gasteiger partial charge >= 0.3 is 0 Å². The van der Waals surface area contributed by atoms with Crippen LogP contribution in [0.2, 0.25) is 0 Å². The molecule has 6 nitrogen and oxygen atoms in total. The molecule has 1 saturated heterocycles. The number of rotatable bonds is 5. The third kappa shape index (κ3) is 4.16. The number of likely N-dealkylation sites (tertiary alicyclic amines) is 1. The Morgan fingerprint density at radius 2 is 1.97 bits per heavy atom. The summed E-state index contributed by atoms with van der Waals surface area (Å²) in [5, 5.41) is 14.7. The Kier molecular flexibility index (Phi) is 5.97. The van der Waals surface area contributed by atoms with E-state index in [4.69, 9.17) is 14.5 Å². The molecule has 1 fully saturated rings. The minimum Gasteiger partial charge on any atom is -0.504 e. The molecule has 6 heteroatoms. The van der Waals surface area contributed by atoms with E-state index in [1.807, 2.05) is 43.3 Å². The molecule has 4 rings (SSSR count). The van der Waals surface area contributed by atoms with Crippen LogP contribution in [0.1, 0.15) is 43.4 Å². The van der Waals surface area contributed by atoms with Crippen LogP contribution >= 0.6 is 0 Å². The molecule has 2 aromatic rings. The number of methoxy groups -OCH3 is 1. The Bertz CT molecular complexity index is 920. The number of benzene rings is 2. The third-order valence-corrected chi connectivity index (χ3v) is 6.11. The number of nitrogens with one attached hydrogen (secondary N) is 1. The van der Waals surface area contributed by atoms with Gasteiger partial charge in [0.25, 0.3) is 0 Å². The fraction of sp³-hybridized carbons (Fsp3) is 0.458. The minimum atomic E-state index is -0.331. The highest BCUT2D eigenvalue weighted by molar-refractivity contribution is 6.02. The monoisotopic (exact) mass is 409 g/mol. The number of aromatic hydroxyl groups is 1. The summed E-state index contributed by atoms with van der Waals surface area (Å²) in [5.74, 6) is 1.57. The van der Waals surface area contributed by atoms with E-state index in [0.717, 1.165) is 48.5 Å². The molecule has 0 amide bonds. The topological polar surface area (TPSA) is 66.3 Å². The zero-order valence-electron chi connectivity index (χ0n) is 18.0. The van der Waals surface area contributed by atoms with Crippen molar-refractivity contribution in [2.75, 3.05) is 33.9 Å². The molecule has 2 aliphatic heterocycles. The second-order valence-corrected chi connectivity index (χ2v) is 8.15. The van der Waals surface area contributed by atoms with E-state index in [9.17, 15) is 5.11 Å². The molecule has 1 atom stereocenters. The molecule has 2 heterocycles. The minimum absolute atomic E-state index is 0.0486. The summed E-state index contributed by atoms with van der Waals surface area (Å²) in [6.45, 7) is 4.41. The summed E-state index contributed by atoms with van der Waals surface area (Å²) < 4.78 is 11.1. The molecular weight excluding hydrogens is 378 g/mol. The number of para-hydroxylation sites is 1. The summed E-state index contributed by atoms with van der Waals surface area (Å²) in [5.41, 5.74) is 2.64. The summed E-state index contributed by atoms with van der Waals surface area (Å²) in [7, 11) is 3.83. The van der Waals surface area contributed by atoms with Crippen molar-refractivity contribution in [3.63, 3.8) is 0 Å². The first kappa shape index (κ1) is 20.7. The Morgan fingerprint density at radius 1 is 1.20 bits per heavy atom. The number of phenolic OH excluding ortho intramolecular Hbond substituents is 1. The first-order chi connectivity index (χ1) is 14.5. The highest BCUT2D eigenvalue weighted by Crippen LogP contribution is 2.40. The van der Waals surface area contributed by atoms with Gasteiger partial charge in [0.2, 0.25) is 0 Å². The van der Waals surface area contributed by atoms with E-state index in [1.54, 1.807) is 7.11 Å². The van der Waals surface area contributed by atoms with Crippen molar-refractivity contribution >= 4 is 5.71 Å². The van der Waals surface area contributed by atoms with Crippen molar-refractivity contribution in [2.45, 2.75) is 37.9 Å². The van der Waals surface area contributed by atoms with E-state index < -0.39 is 0 Å². The number of nitrogens with zero attached hydrogens (tertiary/aromatic N) is 2. The second-order valence-electron chi connectivity index (χ2n) is 8.15. The van der Waals surface area contributed by atoms with E-state index in [1.165, 1.54) is 0 Å². The summed E-state index contributed by atoms with van der Waals surface area (Å²) in [6.07, 6.45) is 2.55. The lowest BCUT2D eigenvalue weighted by Crippen LogP contribution is -2.55. The number of hydrogen-bond acceptors (Lipinski definition) is 6. The van der Waals surface area contributed by atoms with Gasteiger partial charge in [0.1, 0.15) is 11.4 Å². The molecule has 0 aliphatic carbocycles. The molecular formula is C24H31N3O3. The van der Waals surface area contributed by atoms with E-state index >= 15 is 0 Å². The molecule has 1 spiro atoms. The maximum atomic E-state index is 10.9. The lowest BCUT2D eigenvalue weighted by atomic mass is 9.87. The Morgan fingerprint density at radius 3 is 2.70 bits per heavy atom. The zero-order chi connectivity index (χ0) is 21.1. The Hall–Kier alpha value is -2.57. The van der Waals surface area contributed by atoms with Gasteiger partial charge in [0, 0.05) is 36.8 Å². The molecule has 0 unspecified atom stereocenters. The van der Waals surface area contributed by atoms with Crippen molar-refractivity contribution in [1.29, 1.82) is 0 Å². The summed E-state index contributed by atoms with van der Waals surface area (Å²) in [6, 6.07) is 13.8. The molecule has 2 aromatic carbocycles. The highest BCUT2D eigenvalue weighted by Gasteiger charge is 2.40. The van der Waals surface area contributed by atoms with Crippen LogP contribution in [-0.2, 0) is 0 Å². The van der Waals surface area contributed by atoms with Crippen LogP contribution in [0.25, 0.3) is 0 Å². The number of aliphatic imine (C=N–C) groups is 1. The average molecular weight is 410 g/mol. The molecule has 0 aromatic heterocycles. The van der Waals surface area contributed by atoms with Crippen molar-refractivity contribution < 1.29 is 14.6 Å². The van der Waals surface area contributed by atoms with Gasteiger partial charge in [-0.25, -0.2) is 0 Å². The predicted molar refractivity (Wildman–Crippen MR) is 119 cm³/mol. The van der Waals surface area contributed by atoms with Crippen LogP contribution in [0.3, 0.4) is 0 Å². The van der Waals surface area contributed by atoms with Gasteiger partial charge in [0.15, 0.2) is 11.5 Å². The summed E-state index contributed by atoms with van der Waals surface area (Å²) in [4.78, 5) is 7.57. The second kappa shape index (κ2) is 8.66. The number of piperidine rings is 1. The molecule has 2 aliphatic rings. The Labute approximate surface area is 178 Å². The predicted octanol–water partition coefficient (Wildman–Crippen LogP) is 3.75. The van der Waals surface area contributed by atoms with Crippen LogP contribution < -0.4 is 14.8 Å². The van der Waals surface area contributed by atoms with Crippen molar-refractivity contribution in [3.8, 4) is 17.2 Å². The lowest BCUT2D eigenvalue weighted by Gasteiger charge is -2.44. The highest BCUT2D eigenvalue weighted by atomic mass is 16.5. The quantitative estimate of drug-likeness (QED) is 0.787. The standard InChI is InChI=1S/C24H31N3O3/c1-4-30-22-10-6-9-19(23(22)28)21-16-20(17-7-5-8-18(15-17)29-3)25-24(26-21)11-13-27(2)14-12-24/h5-10,15,21,26,28H,4,11-14,16H2,1-3H3/t21-/m0/s1. The van der Waals surface area contributed by atoms with Gasteiger partial charge in [-0.05, 0) is 50.6 Å². The van der Waals surface area contributed by atoms with Crippen LogP contribution in [0.4, 0.5) is 0 Å². The fourth-order valence-corrected chi connectivity index (χ4v) is 4.41. The van der Waals surface area contributed by atoms with E-state index in [0.29, 0.717) is 18.8 Å². The first-order valence-corrected chi connectivity index (χ1v) is 10.7. The molecule has 160 valence electrons. The maximum Gasteiger partial charge on any atom is 0.162 e. The average Bonchev–Trinajstić information content (AvgIpc) is 2.77. The van der Waals surface area contributed by atoms with Gasteiger partial charge in [-0.15, -0.1) is 0 Å². The van der Waals surface area contributed by atoms with E-state index in [-0.39, 0.29) is 17.5 Å². The number of hydrogen-bond donors (Lipinski definition) is 2. The zero-order valence-corrected chi connectivity index (χ0v) is 18.0. The SMILES string of the molecule is CCOc1cccc([C@@H]2CC(c3cccc(OC)c3)=NC3(CCN(C)CC3)N2)c1O. The van der Waals surface area contributed by atoms with Crippen LogP contribution in [-0.4, -0.2) is 55.2 Å².